The summed E-state index contributed by atoms with van der Waals surface area (Å²) in [6.07, 6.45) is 0. The van der Waals surface area contributed by atoms with Crippen molar-refractivity contribution >= 4 is 23.0 Å². The molecule has 1 rings (SSSR count). The molecule has 3 N–H and O–H groups in total. The van der Waals surface area contributed by atoms with Crippen molar-refractivity contribution in [3.8, 4) is 0 Å². The maximum absolute atomic E-state index is 10.7. The van der Waals surface area contributed by atoms with E-state index < -0.39 is 10.5 Å². The van der Waals surface area contributed by atoms with Crippen molar-refractivity contribution in [2.45, 2.75) is 19.4 Å². The number of benzene rings is 1. The molecular formula is C10H14ClN3O2. The lowest BCUT2D eigenvalue weighted by atomic mass is 10.1. The Morgan fingerprint density at radius 3 is 2.69 bits per heavy atom. The highest BCUT2D eigenvalue weighted by Crippen LogP contribution is 2.27. The molecule has 0 aliphatic rings. The molecule has 0 saturated heterocycles. The summed E-state index contributed by atoms with van der Waals surface area (Å²) in [6.45, 7) is 4.08. The fraction of sp³-hybridized carbons (Fsp3) is 0.400. The van der Waals surface area contributed by atoms with E-state index in [1.54, 1.807) is 0 Å². The van der Waals surface area contributed by atoms with E-state index in [4.69, 9.17) is 17.3 Å². The molecule has 0 saturated carbocycles. The fourth-order valence-corrected chi connectivity index (χ4v) is 1.30. The van der Waals surface area contributed by atoms with Gasteiger partial charge in [-0.1, -0.05) is 11.6 Å². The van der Waals surface area contributed by atoms with E-state index in [0.717, 1.165) is 0 Å². The van der Waals surface area contributed by atoms with E-state index in [1.165, 1.54) is 18.2 Å². The van der Waals surface area contributed by atoms with Crippen molar-refractivity contribution in [3.05, 3.63) is 33.3 Å². The SMILES string of the molecule is CC(C)(N)CNc1cc(Cl)ccc1[N+](=O)[O-]. The topological polar surface area (TPSA) is 81.2 Å². The number of hydrogen-bond donors (Lipinski definition) is 2. The number of anilines is 1. The van der Waals surface area contributed by atoms with Crippen LogP contribution in [0.1, 0.15) is 13.8 Å². The van der Waals surface area contributed by atoms with Crippen LogP contribution in [0, 0.1) is 10.1 Å². The molecule has 16 heavy (non-hydrogen) atoms. The number of halogens is 1. The quantitative estimate of drug-likeness (QED) is 0.629. The molecule has 0 atom stereocenters. The second-order valence-corrected chi connectivity index (χ2v) is 4.70. The maximum atomic E-state index is 10.7. The van der Waals surface area contributed by atoms with Crippen LogP contribution < -0.4 is 11.1 Å². The maximum Gasteiger partial charge on any atom is 0.292 e. The van der Waals surface area contributed by atoms with Crippen LogP contribution in [-0.4, -0.2) is 17.0 Å². The largest absolute Gasteiger partial charge is 0.378 e. The van der Waals surface area contributed by atoms with Gasteiger partial charge in [0.15, 0.2) is 0 Å². The zero-order valence-electron chi connectivity index (χ0n) is 9.16. The molecule has 88 valence electrons. The number of nitrogens with zero attached hydrogens (tertiary/aromatic N) is 1. The van der Waals surface area contributed by atoms with Crippen LogP contribution in [0.15, 0.2) is 18.2 Å². The molecule has 1 aromatic rings. The minimum absolute atomic E-state index is 0.00588. The van der Waals surface area contributed by atoms with Gasteiger partial charge in [-0.15, -0.1) is 0 Å². The Labute approximate surface area is 98.7 Å². The highest BCUT2D eigenvalue weighted by Gasteiger charge is 2.16. The number of nitrogens with two attached hydrogens (primary N) is 1. The lowest BCUT2D eigenvalue weighted by Crippen LogP contribution is -2.39. The van der Waals surface area contributed by atoms with Crippen molar-refractivity contribution in [3.63, 3.8) is 0 Å². The van der Waals surface area contributed by atoms with E-state index in [-0.39, 0.29) is 5.69 Å². The monoisotopic (exact) mass is 243 g/mol. The van der Waals surface area contributed by atoms with Gasteiger partial charge in [0, 0.05) is 23.2 Å². The number of rotatable bonds is 4. The first-order valence-electron chi connectivity index (χ1n) is 4.76. The summed E-state index contributed by atoms with van der Waals surface area (Å²) in [6, 6.07) is 4.37. The molecular weight excluding hydrogens is 230 g/mol. The van der Waals surface area contributed by atoms with Crippen molar-refractivity contribution in [2.24, 2.45) is 5.73 Å². The van der Waals surface area contributed by atoms with E-state index >= 15 is 0 Å². The number of nitro benzene ring substituents is 1. The highest BCUT2D eigenvalue weighted by atomic mass is 35.5. The summed E-state index contributed by atoms with van der Waals surface area (Å²) < 4.78 is 0. The standard InChI is InChI=1S/C10H14ClN3O2/c1-10(2,12)6-13-8-5-7(11)3-4-9(8)14(15)16/h3-5,13H,6,12H2,1-2H3. The van der Waals surface area contributed by atoms with Gasteiger partial charge in [0.1, 0.15) is 5.69 Å². The van der Waals surface area contributed by atoms with Crippen molar-refractivity contribution < 1.29 is 4.92 Å². The first-order valence-corrected chi connectivity index (χ1v) is 5.14. The summed E-state index contributed by atoms with van der Waals surface area (Å²) in [5.41, 5.74) is 5.71. The van der Waals surface area contributed by atoms with Gasteiger partial charge in [-0.2, -0.15) is 0 Å². The lowest BCUT2D eigenvalue weighted by Gasteiger charge is -2.19. The minimum Gasteiger partial charge on any atom is -0.378 e. The van der Waals surface area contributed by atoms with Crippen molar-refractivity contribution in [2.75, 3.05) is 11.9 Å². The van der Waals surface area contributed by atoms with Gasteiger partial charge in [0.2, 0.25) is 0 Å². The van der Waals surface area contributed by atoms with E-state index in [2.05, 4.69) is 5.32 Å². The number of nitro groups is 1. The molecule has 5 nitrogen and oxygen atoms in total. The Bertz CT molecular complexity index is 402. The van der Waals surface area contributed by atoms with Crippen LogP contribution in [-0.2, 0) is 0 Å². The van der Waals surface area contributed by atoms with Crippen LogP contribution in [0.2, 0.25) is 5.02 Å². The molecule has 0 radical (unpaired) electrons. The zero-order chi connectivity index (χ0) is 12.3. The number of hydrogen-bond acceptors (Lipinski definition) is 4. The average Bonchev–Trinajstić information content (AvgIpc) is 2.13. The third kappa shape index (κ3) is 3.67. The van der Waals surface area contributed by atoms with Crippen molar-refractivity contribution in [1.29, 1.82) is 0 Å². The fourth-order valence-electron chi connectivity index (χ4n) is 1.13. The Morgan fingerprint density at radius 1 is 1.56 bits per heavy atom. The lowest BCUT2D eigenvalue weighted by molar-refractivity contribution is -0.384. The summed E-state index contributed by atoms with van der Waals surface area (Å²) in [5, 5.41) is 14.1. The van der Waals surface area contributed by atoms with Gasteiger partial charge in [-0.3, -0.25) is 10.1 Å². The molecule has 0 unspecified atom stereocenters. The van der Waals surface area contributed by atoms with Crippen LogP contribution in [0.4, 0.5) is 11.4 Å². The van der Waals surface area contributed by atoms with E-state index in [9.17, 15) is 10.1 Å². The van der Waals surface area contributed by atoms with Crippen LogP contribution in [0.25, 0.3) is 0 Å². The molecule has 0 aliphatic carbocycles. The molecule has 6 heteroatoms. The van der Waals surface area contributed by atoms with E-state index in [0.29, 0.717) is 17.3 Å². The Balaban J connectivity index is 2.93. The molecule has 0 bridgehead atoms. The van der Waals surface area contributed by atoms with Crippen LogP contribution in [0.3, 0.4) is 0 Å². The first kappa shape index (κ1) is 12.7. The Kier molecular flexibility index (Phi) is 3.72. The van der Waals surface area contributed by atoms with Gasteiger partial charge in [-0.25, -0.2) is 0 Å². The third-order valence-electron chi connectivity index (χ3n) is 1.89. The zero-order valence-corrected chi connectivity index (χ0v) is 9.91. The summed E-state index contributed by atoms with van der Waals surface area (Å²) >= 11 is 5.78. The third-order valence-corrected chi connectivity index (χ3v) is 2.12. The summed E-state index contributed by atoms with van der Waals surface area (Å²) in [7, 11) is 0. The van der Waals surface area contributed by atoms with Crippen LogP contribution in [0.5, 0.6) is 0 Å². The second-order valence-electron chi connectivity index (χ2n) is 4.26. The molecule has 0 aliphatic heterocycles. The molecule has 0 amide bonds. The van der Waals surface area contributed by atoms with Gasteiger partial charge < -0.3 is 11.1 Å². The molecule has 0 heterocycles. The Morgan fingerprint density at radius 2 is 2.19 bits per heavy atom. The molecule has 0 spiro atoms. The van der Waals surface area contributed by atoms with Gasteiger partial charge >= 0.3 is 0 Å². The average molecular weight is 244 g/mol. The van der Waals surface area contributed by atoms with Gasteiger partial charge in [0.05, 0.1) is 4.92 Å². The first-order chi connectivity index (χ1) is 7.29. The molecule has 1 aromatic carbocycles. The number of nitrogens with one attached hydrogen (secondary N) is 1. The predicted octanol–water partition coefficient (Wildman–Crippen LogP) is 2.40. The predicted molar refractivity (Wildman–Crippen MR) is 64.9 cm³/mol. The normalized spacial score (nSPS) is 11.2. The highest BCUT2D eigenvalue weighted by molar-refractivity contribution is 6.31. The van der Waals surface area contributed by atoms with E-state index in [1.807, 2.05) is 13.8 Å². The smallest absolute Gasteiger partial charge is 0.292 e. The minimum atomic E-state index is -0.456. The second kappa shape index (κ2) is 4.67. The summed E-state index contributed by atoms with van der Waals surface area (Å²) in [5.74, 6) is 0. The van der Waals surface area contributed by atoms with Gasteiger partial charge in [-0.05, 0) is 26.0 Å². The van der Waals surface area contributed by atoms with Gasteiger partial charge in [0.25, 0.3) is 5.69 Å². The molecule has 0 fully saturated rings. The van der Waals surface area contributed by atoms with Crippen LogP contribution >= 0.6 is 11.6 Å². The molecule has 0 aromatic heterocycles. The summed E-state index contributed by atoms with van der Waals surface area (Å²) in [4.78, 5) is 10.3. The Hall–Kier alpha value is -1.33. The van der Waals surface area contributed by atoms with Crippen molar-refractivity contribution in [1.82, 2.24) is 0 Å².